The Bertz CT molecular complexity index is 779. The molecule has 3 N–H and O–H groups in total. The average Bonchev–Trinajstić information content (AvgIpc) is 2.43. The van der Waals surface area contributed by atoms with Crippen molar-refractivity contribution in [2.75, 3.05) is 10.5 Å². The molecule has 2 aromatic rings. The fraction of sp³-hybridized carbons (Fsp3) is 0.143. The standard InChI is InChI=1S/C14H14BrFN2O2S/c1-2-9-5-3-4-6-12(9)18-21(19,20)13-8-10(17)7-11(15)14(13)16/h3-8,18H,2,17H2,1H3. The van der Waals surface area contributed by atoms with Gasteiger partial charge in [-0.1, -0.05) is 25.1 Å². The largest absolute Gasteiger partial charge is 0.399 e. The third kappa shape index (κ3) is 3.36. The number of sulfonamides is 1. The van der Waals surface area contributed by atoms with Crippen molar-refractivity contribution in [2.45, 2.75) is 18.2 Å². The number of aryl methyl sites for hydroxylation is 1. The number of hydrogen-bond donors (Lipinski definition) is 2. The zero-order valence-electron chi connectivity index (χ0n) is 11.2. The third-order valence-corrected chi connectivity index (χ3v) is 4.89. The quantitative estimate of drug-likeness (QED) is 0.806. The summed E-state index contributed by atoms with van der Waals surface area (Å²) in [5, 5.41) is 0. The number of hydrogen-bond acceptors (Lipinski definition) is 3. The van der Waals surface area contributed by atoms with E-state index in [-0.39, 0.29) is 10.2 Å². The van der Waals surface area contributed by atoms with Crippen molar-refractivity contribution in [2.24, 2.45) is 0 Å². The summed E-state index contributed by atoms with van der Waals surface area (Å²) >= 11 is 2.96. The van der Waals surface area contributed by atoms with Gasteiger partial charge in [0, 0.05) is 5.69 Å². The predicted molar refractivity (Wildman–Crippen MR) is 85.1 cm³/mol. The summed E-state index contributed by atoms with van der Waals surface area (Å²) in [5.74, 6) is -0.870. The van der Waals surface area contributed by atoms with Crippen LogP contribution in [0.4, 0.5) is 15.8 Å². The van der Waals surface area contributed by atoms with Crippen LogP contribution in [0.1, 0.15) is 12.5 Å². The molecule has 0 saturated heterocycles. The maximum Gasteiger partial charge on any atom is 0.264 e. The molecule has 0 aliphatic rings. The van der Waals surface area contributed by atoms with Gasteiger partial charge in [-0.15, -0.1) is 0 Å². The Hall–Kier alpha value is -1.60. The molecule has 0 spiro atoms. The van der Waals surface area contributed by atoms with Crippen LogP contribution in [0.15, 0.2) is 45.8 Å². The normalized spacial score (nSPS) is 11.4. The third-order valence-electron chi connectivity index (χ3n) is 2.95. The number of nitrogens with two attached hydrogens (primary N) is 1. The summed E-state index contributed by atoms with van der Waals surface area (Å²) in [6.45, 7) is 1.91. The molecule has 21 heavy (non-hydrogen) atoms. The van der Waals surface area contributed by atoms with Crippen LogP contribution in [-0.2, 0) is 16.4 Å². The van der Waals surface area contributed by atoms with Gasteiger partial charge in [0.1, 0.15) is 4.90 Å². The highest BCUT2D eigenvalue weighted by molar-refractivity contribution is 9.10. The topological polar surface area (TPSA) is 72.2 Å². The van der Waals surface area contributed by atoms with E-state index in [4.69, 9.17) is 5.73 Å². The first-order valence-electron chi connectivity index (χ1n) is 6.20. The molecular formula is C14H14BrFN2O2S. The van der Waals surface area contributed by atoms with Gasteiger partial charge in [-0.3, -0.25) is 4.72 Å². The van der Waals surface area contributed by atoms with E-state index in [9.17, 15) is 12.8 Å². The highest BCUT2D eigenvalue weighted by atomic mass is 79.9. The molecule has 0 atom stereocenters. The Morgan fingerprint density at radius 1 is 1.29 bits per heavy atom. The zero-order valence-corrected chi connectivity index (χ0v) is 13.6. The van der Waals surface area contributed by atoms with E-state index in [1.54, 1.807) is 12.1 Å². The van der Waals surface area contributed by atoms with Crippen molar-refractivity contribution >= 4 is 37.3 Å². The summed E-state index contributed by atoms with van der Waals surface area (Å²) in [6, 6.07) is 9.38. The minimum atomic E-state index is -4.06. The fourth-order valence-electron chi connectivity index (χ4n) is 1.91. The number of halogens is 2. The Kier molecular flexibility index (Phi) is 4.53. The molecule has 0 aliphatic carbocycles. The molecule has 0 aromatic heterocycles. The van der Waals surface area contributed by atoms with Crippen LogP contribution in [0.25, 0.3) is 0 Å². The molecule has 0 amide bonds. The molecule has 7 heteroatoms. The van der Waals surface area contributed by atoms with Crippen LogP contribution in [-0.4, -0.2) is 8.42 Å². The summed E-state index contributed by atoms with van der Waals surface area (Å²) in [4.78, 5) is -0.486. The van der Waals surface area contributed by atoms with Crippen molar-refractivity contribution in [3.8, 4) is 0 Å². The summed E-state index contributed by atoms with van der Waals surface area (Å²) in [7, 11) is -4.06. The molecular weight excluding hydrogens is 359 g/mol. The smallest absolute Gasteiger partial charge is 0.264 e. The van der Waals surface area contributed by atoms with Gasteiger partial charge in [0.05, 0.1) is 10.2 Å². The highest BCUT2D eigenvalue weighted by Gasteiger charge is 2.22. The van der Waals surface area contributed by atoms with Crippen LogP contribution in [0.2, 0.25) is 0 Å². The Morgan fingerprint density at radius 2 is 1.95 bits per heavy atom. The van der Waals surface area contributed by atoms with E-state index in [1.807, 2.05) is 19.1 Å². The summed E-state index contributed by atoms with van der Waals surface area (Å²) in [5.41, 5.74) is 7.00. The SMILES string of the molecule is CCc1ccccc1NS(=O)(=O)c1cc(N)cc(Br)c1F. The van der Waals surface area contributed by atoms with Gasteiger partial charge in [0.2, 0.25) is 0 Å². The number of anilines is 2. The van der Waals surface area contributed by atoms with Gasteiger partial charge in [-0.05, 0) is 46.1 Å². The number of nitrogens with one attached hydrogen (secondary N) is 1. The van der Waals surface area contributed by atoms with Gasteiger partial charge < -0.3 is 5.73 Å². The lowest BCUT2D eigenvalue weighted by atomic mass is 10.1. The van der Waals surface area contributed by atoms with Crippen molar-refractivity contribution in [1.82, 2.24) is 0 Å². The van der Waals surface area contributed by atoms with Crippen molar-refractivity contribution in [3.05, 3.63) is 52.3 Å². The first-order valence-corrected chi connectivity index (χ1v) is 8.48. The van der Waals surface area contributed by atoms with Gasteiger partial charge >= 0.3 is 0 Å². The lowest BCUT2D eigenvalue weighted by Crippen LogP contribution is -2.16. The molecule has 0 saturated carbocycles. The lowest BCUT2D eigenvalue weighted by molar-refractivity contribution is 0.567. The Balaban J connectivity index is 2.49. The first kappa shape index (κ1) is 15.8. The van der Waals surface area contributed by atoms with Crippen LogP contribution in [0.3, 0.4) is 0 Å². The molecule has 0 aliphatic heterocycles. The minimum Gasteiger partial charge on any atom is -0.399 e. The lowest BCUT2D eigenvalue weighted by Gasteiger charge is -2.13. The molecule has 0 radical (unpaired) electrons. The van der Waals surface area contributed by atoms with Crippen LogP contribution in [0, 0.1) is 5.82 Å². The molecule has 2 aromatic carbocycles. The van der Waals surface area contributed by atoms with Gasteiger partial charge in [-0.25, -0.2) is 12.8 Å². The molecule has 0 bridgehead atoms. The number of para-hydroxylation sites is 1. The van der Waals surface area contributed by atoms with Crippen LogP contribution >= 0.6 is 15.9 Å². The van der Waals surface area contributed by atoms with Gasteiger partial charge in [-0.2, -0.15) is 0 Å². The van der Waals surface area contributed by atoms with Gasteiger partial charge in [0.25, 0.3) is 10.0 Å². The van der Waals surface area contributed by atoms with Crippen molar-refractivity contribution in [1.29, 1.82) is 0 Å². The van der Waals surface area contributed by atoms with Gasteiger partial charge in [0.15, 0.2) is 5.82 Å². The highest BCUT2D eigenvalue weighted by Crippen LogP contribution is 2.28. The first-order chi connectivity index (χ1) is 9.85. The number of benzene rings is 2. The average molecular weight is 373 g/mol. The summed E-state index contributed by atoms with van der Waals surface area (Å²) in [6.07, 6.45) is 0.655. The minimum absolute atomic E-state index is 0.00616. The van der Waals surface area contributed by atoms with E-state index in [0.29, 0.717) is 12.1 Å². The molecule has 4 nitrogen and oxygen atoms in total. The second kappa shape index (κ2) is 6.03. The Morgan fingerprint density at radius 3 is 2.62 bits per heavy atom. The molecule has 0 unspecified atom stereocenters. The number of rotatable bonds is 4. The van der Waals surface area contributed by atoms with Crippen molar-refractivity contribution < 1.29 is 12.8 Å². The monoisotopic (exact) mass is 372 g/mol. The second-order valence-electron chi connectivity index (χ2n) is 4.43. The van der Waals surface area contributed by atoms with Crippen LogP contribution in [0.5, 0.6) is 0 Å². The van der Waals surface area contributed by atoms with E-state index in [0.717, 1.165) is 11.6 Å². The van der Waals surface area contributed by atoms with E-state index >= 15 is 0 Å². The molecule has 2 rings (SSSR count). The van der Waals surface area contributed by atoms with E-state index in [2.05, 4.69) is 20.7 Å². The van der Waals surface area contributed by atoms with Crippen molar-refractivity contribution in [3.63, 3.8) is 0 Å². The molecule has 0 heterocycles. The van der Waals surface area contributed by atoms with E-state index in [1.165, 1.54) is 6.07 Å². The predicted octanol–water partition coefficient (Wildman–Crippen LogP) is 3.53. The fourth-order valence-corrected chi connectivity index (χ4v) is 3.75. The zero-order chi connectivity index (χ0) is 15.6. The van der Waals surface area contributed by atoms with E-state index < -0.39 is 20.7 Å². The maximum absolute atomic E-state index is 14.0. The maximum atomic E-state index is 14.0. The number of nitrogen functional groups attached to an aromatic ring is 1. The van der Waals surface area contributed by atoms with Crippen LogP contribution < -0.4 is 10.5 Å². The second-order valence-corrected chi connectivity index (χ2v) is 6.94. The Labute approximate surface area is 131 Å². The summed E-state index contributed by atoms with van der Waals surface area (Å²) < 4.78 is 41.2. The molecule has 112 valence electrons. The molecule has 0 fully saturated rings.